The molecule has 0 bridgehead atoms. The zero-order chi connectivity index (χ0) is 17.9. The predicted molar refractivity (Wildman–Crippen MR) is 103 cm³/mol. The van der Waals surface area contributed by atoms with E-state index in [1.54, 1.807) is 17.5 Å². The Morgan fingerprint density at radius 3 is 3.08 bits per heavy atom. The van der Waals surface area contributed by atoms with Crippen molar-refractivity contribution in [2.75, 3.05) is 13.1 Å². The summed E-state index contributed by atoms with van der Waals surface area (Å²) in [7, 11) is 0. The molecule has 4 rings (SSSR count). The van der Waals surface area contributed by atoms with Crippen molar-refractivity contribution in [1.29, 1.82) is 0 Å². The van der Waals surface area contributed by atoms with Crippen LogP contribution < -0.4 is 0 Å². The number of imidazole rings is 1. The van der Waals surface area contributed by atoms with Crippen LogP contribution in [0.1, 0.15) is 45.4 Å². The first-order chi connectivity index (χ1) is 12.7. The molecular weight excluding hydrogens is 344 g/mol. The van der Waals surface area contributed by atoms with E-state index in [0.29, 0.717) is 0 Å². The van der Waals surface area contributed by atoms with Crippen molar-refractivity contribution < 1.29 is 4.79 Å². The Balaban J connectivity index is 1.50. The number of rotatable bonds is 4. The number of hydrogen-bond donors (Lipinski definition) is 0. The van der Waals surface area contributed by atoms with E-state index >= 15 is 0 Å². The summed E-state index contributed by atoms with van der Waals surface area (Å²) >= 11 is 1.63. The van der Waals surface area contributed by atoms with Crippen molar-refractivity contribution in [3.05, 3.63) is 70.2 Å². The average Bonchev–Trinajstić information content (AvgIpc) is 3.31. The minimum atomic E-state index is 0.143. The summed E-state index contributed by atoms with van der Waals surface area (Å²) in [4.78, 5) is 24.8. The first-order valence-electron chi connectivity index (χ1n) is 8.95. The summed E-state index contributed by atoms with van der Waals surface area (Å²) < 4.78 is 2.18. The first-order valence-corrected chi connectivity index (χ1v) is 9.83. The third kappa shape index (κ3) is 3.55. The maximum atomic E-state index is 12.8. The Morgan fingerprint density at radius 1 is 1.38 bits per heavy atom. The molecule has 26 heavy (non-hydrogen) atoms. The van der Waals surface area contributed by atoms with Crippen molar-refractivity contribution in [2.24, 2.45) is 0 Å². The van der Waals surface area contributed by atoms with Gasteiger partial charge in [-0.1, -0.05) is 6.07 Å². The highest BCUT2D eigenvalue weighted by Crippen LogP contribution is 2.28. The van der Waals surface area contributed by atoms with Crippen LogP contribution in [0.5, 0.6) is 0 Å². The van der Waals surface area contributed by atoms with Crippen LogP contribution in [0.15, 0.2) is 48.4 Å². The van der Waals surface area contributed by atoms with E-state index in [1.165, 1.54) is 4.88 Å². The van der Waals surface area contributed by atoms with Gasteiger partial charge in [0.25, 0.3) is 5.91 Å². The Hall–Kier alpha value is -2.47. The standard InChI is InChI=1S/C20H22N4OS/c1-15-10-18(14-26-15)20(25)24-8-3-5-17(13-24)19-22-7-9-23(19)12-16-4-2-6-21-11-16/h2,4,6-7,9-11,14,17H,3,5,8,12-13H2,1H3. The lowest BCUT2D eigenvalue weighted by Gasteiger charge is -2.32. The SMILES string of the molecule is Cc1cc(C(=O)N2CCCC(c3nccn3Cc3cccnc3)C2)cs1. The van der Waals surface area contributed by atoms with Crippen LogP contribution in [0.25, 0.3) is 0 Å². The van der Waals surface area contributed by atoms with Gasteiger partial charge in [0.15, 0.2) is 0 Å². The number of hydrogen-bond acceptors (Lipinski definition) is 4. The summed E-state index contributed by atoms with van der Waals surface area (Å²) in [5, 5.41) is 1.96. The monoisotopic (exact) mass is 366 g/mol. The summed E-state index contributed by atoms with van der Waals surface area (Å²) in [5.74, 6) is 1.48. The topological polar surface area (TPSA) is 51.0 Å². The zero-order valence-electron chi connectivity index (χ0n) is 14.8. The summed E-state index contributed by atoms with van der Waals surface area (Å²) in [6, 6.07) is 6.02. The number of aromatic nitrogens is 3. The molecule has 1 aliphatic rings. The van der Waals surface area contributed by atoms with Crippen LogP contribution in [-0.2, 0) is 6.54 Å². The molecule has 1 unspecified atom stereocenters. The molecule has 1 aliphatic heterocycles. The number of likely N-dealkylation sites (tertiary alicyclic amines) is 1. The fourth-order valence-corrected chi connectivity index (χ4v) is 4.29. The Kier molecular flexibility index (Phi) is 4.84. The maximum absolute atomic E-state index is 12.8. The van der Waals surface area contributed by atoms with Gasteiger partial charge >= 0.3 is 0 Å². The molecule has 4 heterocycles. The molecule has 6 heteroatoms. The van der Waals surface area contributed by atoms with E-state index in [1.807, 2.05) is 47.9 Å². The van der Waals surface area contributed by atoms with E-state index < -0.39 is 0 Å². The van der Waals surface area contributed by atoms with E-state index in [-0.39, 0.29) is 11.8 Å². The van der Waals surface area contributed by atoms with Crippen molar-refractivity contribution in [2.45, 2.75) is 32.2 Å². The lowest BCUT2D eigenvalue weighted by Crippen LogP contribution is -2.39. The van der Waals surface area contributed by atoms with Crippen LogP contribution in [0, 0.1) is 6.92 Å². The molecule has 0 aromatic carbocycles. The lowest BCUT2D eigenvalue weighted by molar-refractivity contribution is 0.0704. The second-order valence-electron chi connectivity index (χ2n) is 6.81. The predicted octanol–water partition coefficient (Wildman–Crippen LogP) is 3.72. The molecule has 134 valence electrons. The van der Waals surface area contributed by atoms with Gasteiger partial charge in [-0.2, -0.15) is 0 Å². The fourth-order valence-electron chi connectivity index (χ4n) is 3.61. The van der Waals surface area contributed by atoms with E-state index in [2.05, 4.69) is 20.6 Å². The second kappa shape index (κ2) is 7.41. The molecule has 1 fully saturated rings. The molecular formula is C20H22N4OS. The minimum absolute atomic E-state index is 0.143. The number of carbonyl (C=O) groups is 1. The van der Waals surface area contributed by atoms with Crippen molar-refractivity contribution in [3.63, 3.8) is 0 Å². The van der Waals surface area contributed by atoms with Gasteiger partial charge < -0.3 is 9.47 Å². The third-order valence-corrected chi connectivity index (χ3v) is 5.74. The van der Waals surface area contributed by atoms with Crippen LogP contribution in [0.2, 0.25) is 0 Å². The molecule has 3 aromatic heterocycles. The molecule has 0 saturated carbocycles. The highest BCUT2D eigenvalue weighted by molar-refractivity contribution is 7.10. The van der Waals surface area contributed by atoms with Gasteiger partial charge in [0.05, 0.1) is 12.1 Å². The average molecular weight is 366 g/mol. The van der Waals surface area contributed by atoms with E-state index in [0.717, 1.165) is 49.4 Å². The molecule has 1 atom stereocenters. The number of carbonyl (C=O) groups excluding carboxylic acids is 1. The molecule has 5 nitrogen and oxygen atoms in total. The number of pyridine rings is 1. The van der Waals surface area contributed by atoms with Gasteiger partial charge in [-0.3, -0.25) is 9.78 Å². The van der Waals surface area contributed by atoms with Gasteiger partial charge in [0.2, 0.25) is 0 Å². The number of amides is 1. The van der Waals surface area contributed by atoms with Gasteiger partial charge in [-0.15, -0.1) is 11.3 Å². The minimum Gasteiger partial charge on any atom is -0.338 e. The zero-order valence-corrected chi connectivity index (χ0v) is 15.7. The lowest BCUT2D eigenvalue weighted by atomic mass is 9.96. The Bertz CT molecular complexity index is 886. The highest BCUT2D eigenvalue weighted by Gasteiger charge is 2.28. The smallest absolute Gasteiger partial charge is 0.254 e. The van der Waals surface area contributed by atoms with Gasteiger partial charge in [0.1, 0.15) is 5.82 Å². The molecule has 3 aromatic rings. The Labute approximate surface area is 157 Å². The largest absolute Gasteiger partial charge is 0.338 e. The van der Waals surface area contributed by atoms with Crippen LogP contribution in [-0.4, -0.2) is 38.4 Å². The van der Waals surface area contributed by atoms with Gasteiger partial charge in [-0.05, 0) is 37.5 Å². The number of piperidine rings is 1. The van der Waals surface area contributed by atoms with Crippen molar-refractivity contribution in [3.8, 4) is 0 Å². The van der Waals surface area contributed by atoms with Gasteiger partial charge in [0, 0.05) is 54.1 Å². The third-order valence-electron chi connectivity index (χ3n) is 4.87. The summed E-state index contributed by atoms with van der Waals surface area (Å²) in [5.41, 5.74) is 1.97. The van der Waals surface area contributed by atoms with E-state index in [9.17, 15) is 4.79 Å². The summed E-state index contributed by atoms with van der Waals surface area (Å²) in [6.45, 7) is 4.36. The van der Waals surface area contributed by atoms with Crippen LogP contribution >= 0.6 is 11.3 Å². The van der Waals surface area contributed by atoms with Crippen molar-refractivity contribution >= 4 is 17.2 Å². The van der Waals surface area contributed by atoms with Crippen molar-refractivity contribution in [1.82, 2.24) is 19.4 Å². The first kappa shape index (κ1) is 17.0. The molecule has 1 saturated heterocycles. The maximum Gasteiger partial charge on any atom is 0.254 e. The molecule has 0 aliphatic carbocycles. The second-order valence-corrected chi connectivity index (χ2v) is 7.93. The van der Waals surface area contributed by atoms with Gasteiger partial charge in [-0.25, -0.2) is 4.98 Å². The fraction of sp³-hybridized carbons (Fsp3) is 0.350. The quantitative estimate of drug-likeness (QED) is 0.707. The molecule has 0 N–H and O–H groups in total. The normalized spacial score (nSPS) is 17.4. The number of nitrogens with zero attached hydrogens (tertiary/aromatic N) is 4. The molecule has 0 spiro atoms. The van der Waals surface area contributed by atoms with E-state index in [4.69, 9.17) is 0 Å². The highest BCUT2D eigenvalue weighted by atomic mass is 32.1. The van der Waals surface area contributed by atoms with Crippen LogP contribution in [0.4, 0.5) is 0 Å². The summed E-state index contributed by atoms with van der Waals surface area (Å²) in [6.07, 6.45) is 9.63. The number of thiophene rings is 1. The molecule has 0 radical (unpaired) electrons. The number of aryl methyl sites for hydroxylation is 1. The Morgan fingerprint density at radius 2 is 2.31 bits per heavy atom. The van der Waals surface area contributed by atoms with Crippen LogP contribution in [0.3, 0.4) is 0 Å². The molecule has 1 amide bonds.